The SMILES string of the molecule is CC1OCCC1CNC(=O)CCC1CCCCN1. The zero-order valence-corrected chi connectivity index (χ0v) is 11.4. The molecular weight excluding hydrogens is 228 g/mol. The minimum absolute atomic E-state index is 0.196. The number of hydrogen-bond donors (Lipinski definition) is 2. The highest BCUT2D eigenvalue weighted by Gasteiger charge is 2.24. The summed E-state index contributed by atoms with van der Waals surface area (Å²) in [6.07, 6.45) is 6.80. The molecule has 4 nitrogen and oxygen atoms in total. The summed E-state index contributed by atoms with van der Waals surface area (Å²) < 4.78 is 5.49. The van der Waals surface area contributed by atoms with Gasteiger partial charge in [-0.2, -0.15) is 0 Å². The average molecular weight is 254 g/mol. The van der Waals surface area contributed by atoms with Gasteiger partial charge in [0.15, 0.2) is 0 Å². The number of piperidine rings is 1. The van der Waals surface area contributed by atoms with Crippen molar-refractivity contribution in [1.29, 1.82) is 0 Å². The van der Waals surface area contributed by atoms with E-state index in [1.54, 1.807) is 0 Å². The molecule has 0 radical (unpaired) electrons. The second-order valence-corrected chi connectivity index (χ2v) is 5.61. The van der Waals surface area contributed by atoms with Crippen LogP contribution in [-0.4, -0.2) is 37.7 Å². The fraction of sp³-hybridized carbons (Fsp3) is 0.929. The summed E-state index contributed by atoms with van der Waals surface area (Å²) in [6, 6.07) is 0.554. The van der Waals surface area contributed by atoms with Gasteiger partial charge in [-0.25, -0.2) is 0 Å². The van der Waals surface area contributed by atoms with Crippen molar-refractivity contribution in [1.82, 2.24) is 10.6 Å². The van der Waals surface area contributed by atoms with Crippen LogP contribution in [0.15, 0.2) is 0 Å². The molecule has 104 valence electrons. The van der Waals surface area contributed by atoms with Crippen LogP contribution >= 0.6 is 0 Å². The molecule has 0 aromatic carbocycles. The van der Waals surface area contributed by atoms with Crippen molar-refractivity contribution >= 4 is 5.91 Å². The van der Waals surface area contributed by atoms with Crippen LogP contribution in [-0.2, 0) is 9.53 Å². The molecule has 0 bridgehead atoms. The summed E-state index contributed by atoms with van der Waals surface area (Å²) in [5.74, 6) is 0.697. The minimum atomic E-state index is 0.196. The molecule has 2 heterocycles. The van der Waals surface area contributed by atoms with E-state index < -0.39 is 0 Å². The molecule has 2 N–H and O–H groups in total. The Balaban J connectivity index is 1.57. The summed E-state index contributed by atoms with van der Waals surface area (Å²) in [6.45, 7) is 4.82. The fourth-order valence-corrected chi connectivity index (χ4v) is 2.85. The van der Waals surface area contributed by atoms with Crippen molar-refractivity contribution in [2.24, 2.45) is 5.92 Å². The van der Waals surface area contributed by atoms with Crippen molar-refractivity contribution < 1.29 is 9.53 Å². The van der Waals surface area contributed by atoms with Gasteiger partial charge in [0, 0.05) is 31.5 Å². The van der Waals surface area contributed by atoms with Crippen molar-refractivity contribution in [2.75, 3.05) is 19.7 Å². The van der Waals surface area contributed by atoms with Gasteiger partial charge < -0.3 is 15.4 Å². The number of rotatable bonds is 5. The van der Waals surface area contributed by atoms with Gasteiger partial charge in [-0.3, -0.25) is 4.79 Å². The monoisotopic (exact) mass is 254 g/mol. The summed E-state index contributed by atoms with van der Waals surface area (Å²) in [7, 11) is 0. The van der Waals surface area contributed by atoms with E-state index in [1.807, 2.05) is 0 Å². The van der Waals surface area contributed by atoms with Gasteiger partial charge in [0.1, 0.15) is 0 Å². The van der Waals surface area contributed by atoms with Crippen molar-refractivity contribution in [3.8, 4) is 0 Å². The molecular formula is C14H26N2O2. The van der Waals surface area contributed by atoms with Gasteiger partial charge in [-0.05, 0) is 39.2 Å². The maximum absolute atomic E-state index is 11.8. The summed E-state index contributed by atoms with van der Waals surface area (Å²) >= 11 is 0. The largest absolute Gasteiger partial charge is 0.378 e. The molecule has 18 heavy (non-hydrogen) atoms. The molecule has 4 heteroatoms. The van der Waals surface area contributed by atoms with Crippen LogP contribution in [0.5, 0.6) is 0 Å². The average Bonchev–Trinajstić information content (AvgIpc) is 2.81. The molecule has 3 unspecified atom stereocenters. The lowest BCUT2D eigenvalue weighted by Gasteiger charge is -2.23. The van der Waals surface area contributed by atoms with Gasteiger partial charge in [0.25, 0.3) is 0 Å². The van der Waals surface area contributed by atoms with Crippen LogP contribution in [0, 0.1) is 5.92 Å². The maximum Gasteiger partial charge on any atom is 0.220 e. The number of amides is 1. The van der Waals surface area contributed by atoms with E-state index in [0.29, 0.717) is 24.5 Å². The van der Waals surface area contributed by atoms with Crippen molar-refractivity contribution in [3.05, 3.63) is 0 Å². The molecule has 3 atom stereocenters. The Morgan fingerprint density at radius 1 is 1.39 bits per heavy atom. The number of carbonyl (C=O) groups is 1. The highest BCUT2D eigenvalue weighted by molar-refractivity contribution is 5.75. The molecule has 2 rings (SSSR count). The number of ether oxygens (including phenoxy) is 1. The van der Waals surface area contributed by atoms with Crippen molar-refractivity contribution in [3.63, 3.8) is 0 Å². The van der Waals surface area contributed by atoms with Crippen molar-refractivity contribution in [2.45, 2.75) is 57.6 Å². The lowest BCUT2D eigenvalue weighted by atomic mass is 10.00. The molecule has 2 aliphatic heterocycles. The predicted molar refractivity (Wildman–Crippen MR) is 71.4 cm³/mol. The summed E-state index contributed by atoms with van der Waals surface area (Å²) in [4.78, 5) is 11.8. The van der Waals surface area contributed by atoms with E-state index in [9.17, 15) is 4.79 Å². The van der Waals surface area contributed by atoms with Gasteiger partial charge >= 0.3 is 0 Å². The zero-order chi connectivity index (χ0) is 12.8. The first-order valence-corrected chi connectivity index (χ1v) is 7.37. The third-order valence-corrected chi connectivity index (χ3v) is 4.23. The third-order valence-electron chi connectivity index (χ3n) is 4.23. The molecule has 2 saturated heterocycles. The Labute approximate surface area is 110 Å². The van der Waals surface area contributed by atoms with Crippen LogP contribution in [0.1, 0.15) is 45.4 Å². The Hall–Kier alpha value is -0.610. The second kappa shape index (κ2) is 7.10. The first kappa shape index (κ1) is 13.8. The topological polar surface area (TPSA) is 50.4 Å². The lowest BCUT2D eigenvalue weighted by Crippen LogP contribution is -2.36. The molecule has 0 saturated carbocycles. The maximum atomic E-state index is 11.8. The zero-order valence-electron chi connectivity index (χ0n) is 11.4. The van der Waals surface area contributed by atoms with Crippen LogP contribution in [0.2, 0.25) is 0 Å². The first-order valence-electron chi connectivity index (χ1n) is 7.37. The van der Waals surface area contributed by atoms with E-state index in [-0.39, 0.29) is 5.91 Å². The summed E-state index contributed by atoms with van der Waals surface area (Å²) in [5, 5.41) is 6.53. The number of hydrogen-bond acceptors (Lipinski definition) is 3. The van der Waals surface area contributed by atoms with Crippen LogP contribution < -0.4 is 10.6 Å². The van der Waals surface area contributed by atoms with Crippen LogP contribution in [0.4, 0.5) is 0 Å². The van der Waals surface area contributed by atoms with Gasteiger partial charge in [0.2, 0.25) is 5.91 Å². The molecule has 2 fully saturated rings. The molecule has 0 aromatic heterocycles. The Bertz CT molecular complexity index is 265. The minimum Gasteiger partial charge on any atom is -0.378 e. The number of nitrogens with one attached hydrogen (secondary N) is 2. The third kappa shape index (κ3) is 4.25. The van der Waals surface area contributed by atoms with Crippen LogP contribution in [0.3, 0.4) is 0 Å². The molecule has 0 spiro atoms. The number of carbonyl (C=O) groups excluding carboxylic acids is 1. The molecule has 2 aliphatic rings. The quantitative estimate of drug-likeness (QED) is 0.781. The second-order valence-electron chi connectivity index (χ2n) is 5.61. The summed E-state index contributed by atoms with van der Waals surface area (Å²) in [5.41, 5.74) is 0. The van der Waals surface area contributed by atoms with Gasteiger partial charge in [0.05, 0.1) is 6.10 Å². The normalized spacial score (nSPS) is 32.4. The molecule has 0 aromatic rings. The van der Waals surface area contributed by atoms with E-state index in [1.165, 1.54) is 19.3 Å². The highest BCUT2D eigenvalue weighted by atomic mass is 16.5. The Kier molecular flexibility index (Phi) is 5.45. The first-order chi connectivity index (χ1) is 8.75. The smallest absolute Gasteiger partial charge is 0.220 e. The highest BCUT2D eigenvalue weighted by Crippen LogP contribution is 2.19. The van der Waals surface area contributed by atoms with E-state index >= 15 is 0 Å². The van der Waals surface area contributed by atoms with Crippen LogP contribution in [0.25, 0.3) is 0 Å². The van der Waals surface area contributed by atoms with E-state index in [2.05, 4.69) is 17.6 Å². The van der Waals surface area contributed by atoms with Gasteiger partial charge in [-0.15, -0.1) is 0 Å². The van der Waals surface area contributed by atoms with E-state index in [4.69, 9.17) is 4.74 Å². The Morgan fingerprint density at radius 3 is 2.94 bits per heavy atom. The Morgan fingerprint density at radius 2 is 2.28 bits per heavy atom. The standard InChI is InChI=1S/C14H26N2O2/c1-11-12(7-9-18-11)10-16-14(17)6-5-13-4-2-3-8-15-13/h11-13,15H,2-10H2,1H3,(H,16,17). The molecule has 0 aliphatic carbocycles. The van der Waals surface area contributed by atoms with E-state index in [0.717, 1.165) is 32.5 Å². The lowest BCUT2D eigenvalue weighted by molar-refractivity contribution is -0.121. The molecule has 1 amide bonds. The predicted octanol–water partition coefficient (Wildman–Crippen LogP) is 1.45. The van der Waals surface area contributed by atoms with Gasteiger partial charge in [-0.1, -0.05) is 6.42 Å². The fourth-order valence-electron chi connectivity index (χ4n) is 2.85.